The molecule has 0 aliphatic carbocycles. The third-order valence-corrected chi connectivity index (χ3v) is 5.54. The molecule has 1 unspecified atom stereocenters. The van der Waals surface area contributed by atoms with E-state index in [0.717, 1.165) is 37.9 Å². The van der Waals surface area contributed by atoms with Crippen molar-refractivity contribution in [2.24, 2.45) is 0 Å². The minimum atomic E-state index is -3.37. The minimum Gasteiger partial charge on any atom is -0.371 e. The lowest BCUT2D eigenvalue weighted by atomic mass is 10.0. The van der Waals surface area contributed by atoms with Crippen molar-refractivity contribution in [1.82, 2.24) is 5.32 Å². The van der Waals surface area contributed by atoms with Crippen LogP contribution in [0.3, 0.4) is 0 Å². The van der Waals surface area contributed by atoms with Gasteiger partial charge >= 0.3 is 0 Å². The Labute approximate surface area is 130 Å². The van der Waals surface area contributed by atoms with Gasteiger partial charge in [-0.25, -0.2) is 12.8 Å². The Bertz CT molecular complexity index is 623. The van der Waals surface area contributed by atoms with Gasteiger partial charge in [0, 0.05) is 31.1 Å². The maximum atomic E-state index is 12.9. The van der Waals surface area contributed by atoms with Gasteiger partial charge in [0.15, 0.2) is 9.84 Å². The van der Waals surface area contributed by atoms with E-state index in [-0.39, 0.29) is 11.9 Å². The summed E-state index contributed by atoms with van der Waals surface area (Å²) in [6.45, 7) is 2.88. The number of halogens is 1. The lowest BCUT2D eigenvalue weighted by molar-refractivity contribution is -0.121. The van der Waals surface area contributed by atoms with Crippen LogP contribution in [0.15, 0.2) is 24.3 Å². The number of sulfone groups is 1. The standard InChI is InChI=1S/C15H21FN2O3S/c1-11(22(2,20)21)15(19)17-13-7-9-18(10-8-13)14-5-3-12(16)4-6-14/h3-6,11,13H,7-10H2,1-2H3,(H,17,19). The second-order valence-electron chi connectivity index (χ2n) is 5.72. The van der Waals surface area contributed by atoms with Crippen molar-refractivity contribution in [2.75, 3.05) is 24.2 Å². The summed E-state index contributed by atoms with van der Waals surface area (Å²) in [5, 5.41) is 1.78. The predicted octanol–water partition coefficient (Wildman–Crippen LogP) is 1.34. The van der Waals surface area contributed by atoms with Crippen molar-refractivity contribution < 1.29 is 17.6 Å². The zero-order valence-corrected chi connectivity index (χ0v) is 13.6. The highest BCUT2D eigenvalue weighted by Crippen LogP contribution is 2.20. The van der Waals surface area contributed by atoms with E-state index in [1.54, 1.807) is 12.1 Å². The van der Waals surface area contributed by atoms with E-state index >= 15 is 0 Å². The van der Waals surface area contributed by atoms with E-state index in [1.165, 1.54) is 19.1 Å². The molecule has 1 aliphatic rings. The summed E-state index contributed by atoms with van der Waals surface area (Å²) in [7, 11) is -3.37. The average molecular weight is 328 g/mol. The molecule has 5 nitrogen and oxygen atoms in total. The van der Waals surface area contributed by atoms with Gasteiger partial charge in [-0.1, -0.05) is 0 Å². The third-order valence-electron chi connectivity index (χ3n) is 4.04. The van der Waals surface area contributed by atoms with Crippen LogP contribution in [0.25, 0.3) is 0 Å². The van der Waals surface area contributed by atoms with Crippen LogP contribution in [0, 0.1) is 5.82 Å². The molecule has 0 spiro atoms. The number of hydrogen-bond acceptors (Lipinski definition) is 4. The van der Waals surface area contributed by atoms with Crippen molar-refractivity contribution in [3.63, 3.8) is 0 Å². The van der Waals surface area contributed by atoms with Crippen LogP contribution in [0.2, 0.25) is 0 Å². The molecule has 22 heavy (non-hydrogen) atoms. The van der Waals surface area contributed by atoms with Crippen molar-refractivity contribution in [3.8, 4) is 0 Å². The monoisotopic (exact) mass is 328 g/mol. The molecule has 1 aliphatic heterocycles. The number of nitrogens with one attached hydrogen (secondary N) is 1. The number of piperidine rings is 1. The SMILES string of the molecule is CC(C(=O)NC1CCN(c2ccc(F)cc2)CC1)S(C)(=O)=O. The number of carbonyl (C=O) groups excluding carboxylic acids is 1. The van der Waals surface area contributed by atoms with Crippen LogP contribution in [0.1, 0.15) is 19.8 Å². The number of rotatable bonds is 4. The molecule has 0 aromatic heterocycles. The molecule has 1 aromatic rings. The third kappa shape index (κ3) is 4.19. The molecular formula is C15H21FN2O3S. The zero-order valence-electron chi connectivity index (χ0n) is 12.8. The lowest BCUT2D eigenvalue weighted by Gasteiger charge is -2.34. The first-order valence-corrected chi connectivity index (χ1v) is 9.22. The molecule has 1 N–H and O–H groups in total. The average Bonchev–Trinajstić information content (AvgIpc) is 2.47. The Morgan fingerprint density at radius 3 is 2.32 bits per heavy atom. The fourth-order valence-electron chi connectivity index (χ4n) is 2.45. The van der Waals surface area contributed by atoms with E-state index in [1.807, 2.05) is 0 Å². The molecule has 1 atom stereocenters. The van der Waals surface area contributed by atoms with Crippen molar-refractivity contribution in [1.29, 1.82) is 0 Å². The number of benzene rings is 1. The highest BCUT2D eigenvalue weighted by Gasteiger charge is 2.27. The first kappa shape index (κ1) is 16.7. The molecule has 0 saturated carbocycles. The number of amides is 1. The maximum absolute atomic E-state index is 12.9. The van der Waals surface area contributed by atoms with Gasteiger partial charge in [0.05, 0.1) is 0 Å². The summed E-state index contributed by atoms with van der Waals surface area (Å²) in [5.41, 5.74) is 0.954. The van der Waals surface area contributed by atoms with Gasteiger partial charge in [-0.2, -0.15) is 0 Å². The van der Waals surface area contributed by atoms with Gasteiger partial charge in [-0.05, 0) is 44.0 Å². The largest absolute Gasteiger partial charge is 0.371 e. The summed E-state index contributed by atoms with van der Waals surface area (Å²) >= 11 is 0. The Balaban J connectivity index is 1.87. The van der Waals surface area contributed by atoms with Crippen LogP contribution in [0.5, 0.6) is 0 Å². The van der Waals surface area contributed by atoms with Gasteiger partial charge in [0.2, 0.25) is 5.91 Å². The van der Waals surface area contributed by atoms with E-state index in [0.29, 0.717) is 0 Å². The van der Waals surface area contributed by atoms with Crippen molar-refractivity contribution >= 4 is 21.4 Å². The molecule has 2 rings (SSSR count). The Morgan fingerprint density at radius 2 is 1.82 bits per heavy atom. The van der Waals surface area contributed by atoms with E-state index in [4.69, 9.17) is 0 Å². The molecule has 122 valence electrons. The Kier molecular flexibility index (Phi) is 5.05. The molecule has 1 heterocycles. The highest BCUT2D eigenvalue weighted by molar-refractivity contribution is 7.92. The number of carbonyl (C=O) groups is 1. The molecular weight excluding hydrogens is 307 g/mol. The van der Waals surface area contributed by atoms with Gasteiger partial charge in [0.1, 0.15) is 11.1 Å². The summed E-state index contributed by atoms with van der Waals surface area (Å²) < 4.78 is 35.7. The first-order chi connectivity index (χ1) is 10.3. The van der Waals surface area contributed by atoms with Crippen LogP contribution in [0.4, 0.5) is 10.1 Å². The second kappa shape index (κ2) is 6.64. The predicted molar refractivity (Wildman–Crippen MR) is 84.1 cm³/mol. The first-order valence-electron chi connectivity index (χ1n) is 7.27. The molecule has 1 aromatic carbocycles. The van der Waals surface area contributed by atoms with Gasteiger partial charge in [-0.3, -0.25) is 4.79 Å². The van der Waals surface area contributed by atoms with Gasteiger partial charge < -0.3 is 10.2 Å². The quantitative estimate of drug-likeness (QED) is 0.906. The maximum Gasteiger partial charge on any atom is 0.238 e. The fraction of sp³-hybridized carbons (Fsp3) is 0.533. The van der Waals surface area contributed by atoms with E-state index < -0.39 is 21.0 Å². The molecule has 1 fully saturated rings. The molecule has 7 heteroatoms. The van der Waals surface area contributed by atoms with Crippen LogP contribution < -0.4 is 10.2 Å². The van der Waals surface area contributed by atoms with E-state index in [9.17, 15) is 17.6 Å². The Hall–Kier alpha value is -1.63. The van der Waals surface area contributed by atoms with Crippen LogP contribution in [-0.4, -0.2) is 45.0 Å². The minimum absolute atomic E-state index is 0.0200. The lowest BCUT2D eigenvalue weighted by Crippen LogP contribution is -2.48. The number of hydrogen-bond donors (Lipinski definition) is 1. The Morgan fingerprint density at radius 1 is 1.27 bits per heavy atom. The zero-order chi connectivity index (χ0) is 16.3. The van der Waals surface area contributed by atoms with Gasteiger partial charge in [0.25, 0.3) is 0 Å². The molecule has 1 saturated heterocycles. The summed E-state index contributed by atoms with van der Waals surface area (Å²) in [4.78, 5) is 14.0. The molecule has 1 amide bonds. The van der Waals surface area contributed by atoms with Gasteiger partial charge in [-0.15, -0.1) is 0 Å². The van der Waals surface area contributed by atoms with Crippen LogP contribution in [-0.2, 0) is 14.6 Å². The summed E-state index contributed by atoms with van der Waals surface area (Å²) in [6, 6.07) is 6.31. The summed E-state index contributed by atoms with van der Waals surface area (Å²) in [5.74, 6) is -0.705. The number of anilines is 1. The van der Waals surface area contributed by atoms with Crippen molar-refractivity contribution in [3.05, 3.63) is 30.1 Å². The highest BCUT2D eigenvalue weighted by atomic mass is 32.2. The fourth-order valence-corrected chi connectivity index (χ4v) is 2.90. The van der Waals surface area contributed by atoms with Crippen LogP contribution >= 0.6 is 0 Å². The number of nitrogens with zero attached hydrogens (tertiary/aromatic N) is 1. The summed E-state index contributed by atoms with van der Waals surface area (Å²) in [6.07, 6.45) is 2.54. The smallest absolute Gasteiger partial charge is 0.238 e. The van der Waals surface area contributed by atoms with E-state index in [2.05, 4.69) is 10.2 Å². The normalized spacial score (nSPS) is 18.0. The van der Waals surface area contributed by atoms with Crippen molar-refractivity contribution in [2.45, 2.75) is 31.1 Å². The second-order valence-corrected chi connectivity index (χ2v) is 8.08. The molecule has 0 bridgehead atoms. The molecule has 0 radical (unpaired) electrons. The topological polar surface area (TPSA) is 66.5 Å².